The van der Waals surface area contributed by atoms with Crippen molar-refractivity contribution in [1.82, 2.24) is 10.1 Å². The monoisotopic (exact) mass is 337 g/mol. The normalized spacial score (nSPS) is 16.3. The molecule has 5 nitrogen and oxygen atoms in total. The number of halogens is 1. The van der Waals surface area contributed by atoms with Crippen LogP contribution in [0.15, 0.2) is 28.8 Å². The Morgan fingerprint density at radius 2 is 1.87 bits per heavy atom. The molecule has 1 heterocycles. The summed E-state index contributed by atoms with van der Waals surface area (Å²) < 4.78 is 11.0. The van der Waals surface area contributed by atoms with E-state index in [0.29, 0.717) is 17.6 Å². The average Bonchev–Trinajstić information content (AvgIpc) is 3.15. The second-order valence-corrected chi connectivity index (χ2v) is 6.39. The largest absolute Gasteiger partial charge is 0.484 e. The number of nitrogens with zero attached hydrogens (tertiary/aromatic N) is 2. The van der Waals surface area contributed by atoms with Gasteiger partial charge in [-0.2, -0.15) is 4.98 Å². The molecule has 1 aliphatic rings. The fourth-order valence-electron chi connectivity index (χ4n) is 2.84. The van der Waals surface area contributed by atoms with Crippen molar-refractivity contribution in [3.63, 3.8) is 0 Å². The summed E-state index contributed by atoms with van der Waals surface area (Å²) in [6, 6.07) is 8.08. The zero-order valence-corrected chi connectivity index (χ0v) is 14.4. The summed E-state index contributed by atoms with van der Waals surface area (Å²) in [6.45, 7) is 4.60. The first-order valence-electron chi connectivity index (χ1n) is 7.91. The van der Waals surface area contributed by atoms with Crippen molar-refractivity contribution >= 4 is 12.4 Å². The first-order chi connectivity index (χ1) is 10.6. The Bertz CT molecular complexity index is 619. The molecule has 0 aliphatic heterocycles. The smallest absolute Gasteiger partial charge is 0.264 e. The third-order valence-corrected chi connectivity index (χ3v) is 4.32. The Morgan fingerprint density at radius 1 is 1.22 bits per heavy atom. The van der Waals surface area contributed by atoms with Gasteiger partial charge in [0.05, 0.1) is 5.54 Å². The van der Waals surface area contributed by atoms with Crippen molar-refractivity contribution in [2.24, 2.45) is 5.73 Å². The lowest BCUT2D eigenvalue weighted by Gasteiger charge is -2.17. The highest BCUT2D eigenvalue weighted by molar-refractivity contribution is 5.85. The molecule has 0 saturated heterocycles. The molecule has 1 aromatic heterocycles. The molecular formula is C17H24ClN3O2. The fraction of sp³-hybridized carbons (Fsp3) is 0.529. The summed E-state index contributed by atoms with van der Waals surface area (Å²) in [4.78, 5) is 4.40. The Hall–Kier alpha value is -1.59. The van der Waals surface area contributed by atoms with Gasteiger partial charge in [0.1, 0.15) is 5.75 Å². The Kier molecular flexibility index (Phi) is 5.65. The standard InChI is InChI=1S/C17H23N3O2.ClH/c1-12(2)13-5-7-14(8-6-13)21-11-15-19-16(20-22-15)17(18)9-3-4-10-17;/h5-8,12H,3-4,9-11,18H2,1-2H3;1H. The van der Waals surface area contributed by atoms with Gasteiger partial charge in [-0.25, -0.2) is 0 Å². The lowest BCUT2D eigenvalue weighted by Crippen LogP contribution is -2.34. The molecule has 0 radical (unpaired) electrons. The van der Waals surface area contributed by atoms with E-state index in [4.69, 9.17) is 15.0 Å². The summed E-state index contributed by atoms with van der Waals surface area (Å²) in [5, 5.41) is 4.03. The van der Waals surface area contributed by atoms with E-state index in [0.717, 1.165) is 31.4 Å². The first-order valence-corrected chi connectivity index (χ1v) is 7.91. The van der Waals surface area contributed by atoms with E-state index in [9.17, 15) is 0 Å². The van der Waals surface area contributed by atoms with Crippen LogP contribution in [-0.2, 0) is 12.1 Å². The van der Waals surface area contributed by atoms with Crippen LogP contribution in [0.1, 0.15) is 62.7 Å². The second-order valence-electron chi connectivity index (χ2n) is 6.39. The highest BCUT2D eigenvalue weighted by atomic mass is 35.5. The van der Waals surface area contributed by atoms with Crippen molar-refractivity contribution in [3.05, 3.63) is 41.5 Å². The van der Waals surface area contributed by atoms with E-state index in [2.05, 4.69) is 36.1 Å². The number of rotatable bonds is 5. The molecule has 23 heavy (non-hydrogen) atoms. The Morgan fingerprint density at radius 3 is 2.48 bits per heavy atom. The van der Waals surface area contributed by atoms with Crippen LogP contribution in [-0.4, -0.2) is 10.1 Å². The van der Waals surface area contributed by atoms with Crippen LogP contribution in [0.5, 0.6) is 5.75 Å². The summed E-state index contributed by atoms with van der Waals surface area (Å²) in [6.07, 6.45) is 4.09. The van der Waals surface area contributed by atoms with Crippen LogP contribution in [0, 0.1) is 0 Å². The van der Waals surface area contributed by atoms with Crippen LogP contribution in [0.25, 0.3) is 0 Å². The Labute approximate surface area is 143 Å². The number of hydrogen-bond acceptors (Lipinski definition) is 5. The lowest BCUT2D eigenvalue weighted by atomic mass is 9.99. The summed E-state index contributed by atoms with van der Waals surface area (Å²) in [5.41, 5.74) is 7.19. The van der Waals surface area contributed by atoms with Crippen molar-refractivity contribution in [1.29, 1.82) is 0 Å². The van der Waals surface area contributed by atoms with E-state index in [-0.39, 0.29) is 19.0 Å². The SMILES string of the molecule is CC(C)c1ccc(OCc2nc(C3(N)CCCC3)no2)cc1.Cl. The predicted octanol–water partition coefficient (Wildman–Crippen LogP) is 3.92. The minimum Gasteiger partial charge on any atom is -0.484 e. The van der Waals surface area contributed by atoms with Crippen molar-refractivity contribution in [2.75, 3.05) is 0 Å². The van der Waals surface area contributed by atoms with Gasteiger partial charge in [0.15, 0.2) is 12.4 Å². The maximum absolute atomic E-state index is 6.32. The first kappa shape index (κ1) is 17.8. The fourth-order valence-corrected chi connectivity index (χ4v) is 2.84. The number of aromatic nitrogens is 2. The molecule has 0 bridgehead atoms. The van der Waals surface area contributed by atoms with E-state index in [1.807, 2.05) is 12.1 Å². The number of benzene rings is 1. The summed E-state index contributed by atoms with van der Waals surface area (Å²) in [7, 11) is 0. The molecule has 2 N–H and O–H groups in total. The maximum atomic E-state index is 6.32. The minimum atomic E-state index is -0.416. The van der Waals surface area contributed by atoms with E-state index >= 15 is 0 Å². The number of nitrogens with two attached hydrogens (primary N) is 1. The van der Waals surface area contributed by atoms with Gasteiger partial charge in [0, 0.05) is 0 Å². The van der Waals surface area contributed by atoms with Gasteiger partial charge in [-0.3, -0.25) is 0 Å². The van der Waals surface area contributed by atoms with Crippen molar-refractivity contribution in [2.45, 2.75) is 57.6 Å². The van der Waals surface area contributed by atoms with Gasteiger partial charge < -0.3 is 15.0 Å². The molecule has 1 aliphatic carbocycles. The van der Waals surface area contributed by atoms with Gasteiger partial charge in [0.25, 0.3) is 5.89 Å². The average molecular weight is 338 g/mol. The van der Waals surface area contributed by atoms with Crippen LogP contribution < -0.4 is 10.5 Å². The van der Waals surface area contributed by atoms with E-state index < -0.39 is 5.54 Å². The minimum absolute atomic E-state index is 0. The van der Waals surface area contributed by atoms with Gasteiger partial charge >= 0.3 is 0 Å². The summed E-state index contributed by atoms with van der Waals surface area (Å²) >= 11 is 0. The Balaban J connectivity index is 0.00000192. The summed E-state index contributed by atoms with van der Waals surface area (Å²) in [5.74, 6) is 2.39. The highest BCUT2D eigenvalue weighted by Gasteiger charge is 2.35. The van der Waals surface area contributed by atoms with Crippen LogP contribution in [0.4, 0.5) is 0 Å². The molecule has 0 atom stereocenters. The zero-order valence-electron chi connectivity index (χ0n) is 13.6. The van der Waals surface area contributed by atoms with Crippen LogP contribution >= 0.6 is 12.4 Å². The quantitative estimate of drug-likeness (QED) is 0.895. The second kappa shape index (κ2) is 7.32. The van der Waals surface area contributed by atoms with Gasteiger partial charge in [-0.1, -0.05) is 44.0 Å². The molecule has 0 unspecified atom stereocenters. The van der Waals surface area contributed by atoms with Gasteiger partial charge in [0.2, 0.25) is 0 Å². The third-order valence-electron chi connectivity index (χ3n) is 4.32. The lowest BCUT2D eigenvalue weighted by molar-refractivity contribution is 0.241. The van der Waals surface area contributed by atoms with Crippen LogP contribution in [0.2, 0.25) is 0 Å². The van der Waals surface area contributed by atoms with Crippen molar-refractivity contribution in [3.8, 4) is 5.75 Å². The zero-order chi connectivity index (χ0) is 15.6. The molecule has 6 heteroatoms. The molecule has 0 spiro atoms. The topological polar surface area (TPSA) is 74.2 Å². The van der Waals surface area contributed by atoms with Gasteiger partial charge in [-0.15, -0.1) is 12.4 Å². The molecule has 0 amide bonds. The molecule has 126 valence electrons. The number of hydrogen-bond donors (Lipinski definition) is 1. The number of ether oxygens (including phenoxy) is 1. The predicted molar refractivity (Wildman–Crippen MR) is 90.7 cm³/mol. The molecule has 1 fully saturated rings. The molecule has 1 aromatic carbocycles. The molecule has 3 rings (SSSR count). The third kappa shape index (κ3) is 4.03. The van der Waals surface area contributed by atoms with Crippen molar-refractivity contribution < 1.29 is 9.26 Å². The van der Waals surface area contributed by atoms with Crippen LogP contribution in [0.3, 0.4) is 0 Å². The molecular weight excluding hydrogens is 314 g/mol. The highest BCUT2D eigenvalue weighted by Crippen LogP contribution is 2.34. The van der Waals surface area contributed by atoms with Gasteiger partial charge in [-0.05, 0) is 36.5 Å². The van der Waals surface area contributed by atoms with E-state index in [1.165, 1.54) is 5.56 Å². The maximum Gasteiger partial charge on any atom is 0.264 e. The van der Waals surface area contributed by atoms with E-state index in [1.54, 1.807) is 0 Å². The molecule has 2 aromatic rings. The molecule has 1 saturated carbocycles.